The SMILES string of the molecule is CSCNC(=O)[C@H](C)NC(=O)[C@@H](C)NC(=O)[C@H](C)NC(=O)OCC1c2ccccc2-c2ccccc21. The molecule has 3 atom stereocenters. The topological polar surface area (TPSA) is 126 Å². The molecule has 0 aromatic heterocycles. The molecule has 1 aliphatic carbocycles. The van der Waals surface area contributed by atoms with Crippen molar-refractivity contribution in [3.8, 4) is 11.1 Å². The van der Waals surface area contributed by atoms with Crippen LogP contribution in [-0.2, 0) is 19.1 Å². The fraction of sp³-hybridized carbons (Fsp3) is 0.385. The predicted molar refractivity (Wildman–Crippen MR) is 139 cm³/mol. The molecule has 10 heteroatoms. The summed E-state index contributed by atoms with van der Waals surface area (Å²) in [5.41, 5.74) is 4.43. The van der Waals surface area contributed by atoms with E-state index in [-0.39, 0.29) is 18.4 Å². The van der Waals surface area contributed by atoms with Gasteiger partial charge in [0.25, 0.3) is 0 Å². The summed E-state index contributed by atoms with van der Waals surface area (Å²) >= 11 is 1.45. The van der Waals surface area contributed by atoms with E-state index in [1.807, 2.05) is 42.7 Å². The summed E-state index contributed by atoms with van der Waals surface area (Å²) in [6, 6.07) is 13.4. The third-order valence-corrected chi connectivity index (χ3v) is 6.40. The van der Waals surface area contributed by atoms with E-state index in [0.717, 1.165) is 22.3 Å². The lowest BCUT2D eigenvalue weighted by Gasteiger charge is -2.20. The first-order chi connectivity index (χ1) is 17.2. The molecular formula is C26H32N4O5S. The molecule has 0 saturated carbocycles. The van der Waals surface area contributed by atoms with Crippen LogP contribution in [0.3, 0.4) is 0 Å². The molecule has 3 rings (SSSR count). The molecule has 2 aromatic rings. The second kappa shape index (κ2) is 12.4. The Morgan fingerprint density at radius 2 is 1.25 bits per heavy atom. The van der Waals surface area contributed by atoms with Gasteiger partial charge in [-0.2, -0.15) is 0 Å². The molecule has 4 amide bonds. The lowest BCUT2D eigenvalue weighted by Crippen LogP contribution is -2.54. The lowest BCUT2D eigenvalue weighted by atomic mass is 9.98. The van der Waals surface area contributed by atoms with Crippen LogP contribution in [0.5, 0.6) is 0 Å². The average molecular weight is 513 g/mol. The number of fused-ring (bicyclic) bond motifs is 3. The Kier molecular flexibility index (Phi) is 9.35. The van der Waals surface area contributed by atoms with E-state index >= 15 is 0 Å². The molecule has 0 heterocycles. The van der Waals surface area contributed by atoms with Gasteiger partial charge in [-0.15, -0.1) is 11.8 Å². The van der Waals surface area contributed by atoms with Crippen LogP contribution in [0, 0.1) is 0 Å². The maximum absolute atomic E-state index is 12.5. The fourth-order valence-corrected chi connectivity index (χ4v) is 4.27. The molecule has 4 N–H and O–H groups in total. The van der Waals surface area contributed by atoms with E-state index in [0.29, 0.717) is 5.88 Å². The Morgan fingerprint density at radius 3 is 1.78 bits per heavy atom. The van der Waals surface area contributed by atoms with Crippen molar-refractivity contribution in [2.75, 3.05) is 18.7 Å². The third kappa shape index (κ3) is 6.57. The minimum Gasteiger partial charge on any atom is -0.449 e. The van der Waals surface area contributed by atoms with Gasteiger partial charge in [-0.3, -0.25) is 14.4 Å². The number of carbonyl (C=O) groups is 4. The summed E-state index contributed by atoms with van der Waals surface area (Å²) in [6.45, 7) is 4.69. The van der Waals surface area contributed by atoms with Crippen molar-refractivity contribution >= 4 is 35.6 Å². The van der Waals surface area contributed by atoms with E-state index in [2.05, 4.69) is 33.4 Å². The van der Waals surface area contributed by atoms with Crippen molar-refractivity contribution in [2.45, 2.75) is 44.8 Å². The van der Waals surface area contributed by atoms with Gasteiger partial charge in [-0.05, 0) is 49.3 Å². The largest absolute Gasteiger partial charge is 0.449 e. The highest BCUT2D eigenvalue weighted by atomic mass is 32.2. The summed E-state index contributed by atoms with van der Waals surface area (Å²) in [4.78, 5) is 49.2. The van der Waals surface area contributed by atoms with Crippen molar-refractivity contribution in [2.24, 2.45) is 0 Å². The van der Waals surface area contributed by atoms with Crippen molar-refractivity contribution in [1.82, 2.24) is 21.3 Å². The number of hydrogen-bond acceptors (Lipinski definition) is 6. The number of thioether (sulfide) groups is 1. The highest BCUT2D eigenvalue weighted by molar-refractivity contribution is 7.98. The van der Waals surface area contributed by atoms with Gasteiger partial charge in [0, 0.05) is 5.92 Å². The highest BCUT2D eigenvalue weighted by Gasteiger charge is 2.29. The maximum Gasteiger partial charge on any atom is 0.407 e. The number of rotatable bonds is 10. The standard InChI is InChI=1S/C26H32N4O5S/c1-15(23(31)27-14-36-4)28-24(32)16(2)29-25(33)17(3)30-26(34)35-13-22-20-11-7-5-9-18(20)19-10-6-8-12-21(19)22/h5-12,15-17,22H,13-14H2,1-4H3,(H,27,31)(H,28,32)(H,29,33)(H,30,34)/t15-,16+,17-/m0/s1. The lowest BCUT2D eigenvalue weighted by molar-refractivity contribution is -0.131. The molecule has 0 spiro atoms. The molecule has 0 fully saturated rings. The summed E-state index contributed by atoms with van der Waals surface area (Å²) < 4.78 is 5.47. The van der Waals surface area contributed by atoms with Gasteiger partial charge in [0.1, 0.15) is 24.7 Å². The quantitative estimate of drug-likeness (QED) is 0.362. The summed E-state index contributed by atoms with van der Waals surface area (Å²) in [5, 5.41) is 10.3. The van der Waals surface area contributed by atoms with Crippen LogP contribution in [0.2, 0.25) is 0 Å². The van der Waals surface area contributed by atoms with Crippen molar-refractivity contribution in [3.05, 3.63) is 59.7 Å². The molecule has 192 valence electrons. The van der Waals surface area contributed by atoms with E-state index in [1.165, 1.54) is 25.6 Å². The molecule has 1 aliphatic rings. The summed E-state index contributed by atoms with van der Waals surface area (Å²) in [6.07, 6.45) is 1.12. The average Bonchev–Trinajstić information content (AvgIpc) is 3.19. The number of benzene rings is 2. The molecule has 0 saturated heterocycles. The second-order valence-corrected chi connectivity index (χ2v) is 9.49. The van der Waals surface area contributed by atoms with Crippen LogP contribution in [0.1, 0.15) is 37.8 Å². The first-order valence-electron chi connectivity index (χ1n) is 11.7. The van der Waals surface area contributed by atoms with Crippen LogP contribution < -0.4 is 21.3 Å². The molecule has 0 aliphatic heterocycles. The van der Waals surface area contributed by atoms with Gasteiger partial charge in [0.15, 0.2) is 0 Å². The molecule has 0 radical (unpaired) electrons. The molecule has 36 heavy (non-hydrogen) atoms. The Morgan fingerprint density at radius 1 is 0.778 bits per heavy atom. The van der Waals surface area contributed by atoms with Gasteiger partial charge in [-0.1, -0.05) is 48.5 Å². The maximum atomic E-state index is 12.5. The van der Waals surface area contributed by atoms with Crippen LogP contribution in [0.4, 0.5) is 4.79 Å². The van der Waals surface area contributed by atoms with Gasteiger partial charge in [0.2, 0.25) is 17.7 Å². The summed E-state index contributed by atoms with van der Waals surface area (Å²) in [5.74, 6) is -1.04. The van der Waals surface area contributed by atoms with E-state index in [1.54, 1.807) is 6.92 Å². The van der Waals surface area contributed by atoms with Crippen molar-refractivity contribution in [1.29, 1.82) is 0 Å². The molecule has 9 nitrogen and oxygen atoms in total. The zero-order chi connectivity index (χ0) is 26.2. The van der Waals surface area contributed by atoms with Crippen LogP contribution in [0.25, 0.3) is 11.1 Å². The van der Waals surface area contributed by atoms with Gasteiger partial charge in [0.05, 0.1) is 5.88 Å². The number of amides is 4. The smallest absolute Gasteiger partial charge is 0.407 e. The molecule has 0 bridgehead atoms. The van der Waals surface area contributed by atoms with E-state index in [4.69, 9.17) is 4.74 Å². The number of alkyl carbamates (subject to hydrolysis) is 1. The number of ether oxygens (including phenoxy) is 1. The molecule has 2 aromatic carbocycles. The van der Waals surface area contributed by atoms with Gasteiger partial charge >= 0.3 is 6.09 Å². The minimum atomic E-state index is -0.932. The Balaban J connectivity index is 1.48. The normalized spacial score (nSPS) is 14.4. The highest BCUT2D eigenvalue weighted by Crippen LogP contribution is 2.44. The Bertz CT molecular complexity index is 1080. The monoisotopic (exact) mass is 512 g/mol. The van der Waals surface area contributed by atoms with Gasteiger partial charge in [-0.25, -0.2) is 4.79 Å². The number of hydrogen-bond donors (Lipinski definition) is 4. The van der Waals surface area contributed by atoms with Crippen molar-refractivity contribution in [3.63, 3.8) is 0 Å². The second-order valence-electron chi connectivity index (χ2n) is 8.63. The Labute approximate surface area is 215 Å². The Hall–Kier alpha value is -3.53. The van der Waals surface area contributed by atoms with E-state index in [9.17, 15) is 19.2 Å². The zero-order valence-corrected chi connectivity index (χ0v) is 21.6. The third-order valence-electron chi connectivity index (χ3n) is 5.97. The first kappa shape index (κ1) is 27.1. The molecule has 0 unspecified atom stereocenters. The van der Waals surface area contributed by atoms with Crippen LogP contribution in [0.15, 0.2) is 48.5 Å². The van der Waals surface area contributed by atoms with Crippen LogP contribution >= 0.6 is 11.8 Å². The number of nitrogens with one attached hydrogen (secondary N) is 4. The molecular weight excluding hydrogens is 480 g/mol. The fourth-order valence-electron chi connectivity index (χ4n) is 3.99. The number of carbonyl (C=O) groups excluding carboxylic acids is 4. The minimum absolute atomic E-state index is 0.0916. The zero-order valence-electron chi connectivity index (χ0n) is 20.8. The van der Waals surface area contributed by atoms with Crippen molar-refractivity contribution < 1.29 is 23.9 Å². The summed E-state index contributed by atoms with van der Waals surface area (Å²) in [7, 11) is 0. The first-order valence-corrected chi connectivity index (χ1v) is 13.1. The predicted octanol–water partition coefficient (Wildman–Crippen LogP) is 2.36. The van der Waals surface area contributed by atoms with Crippen LogP contribution in [-0.4, -0.2) is 60.7 Å². The van der Waals surface area contributed by atoms with E-state index < -0.39 is 36.0 Å². The van der Waals surface area contributed by atoms with Gasteiger partial charge < -0.3 is 26.0 Å².